The highest BCUT2D eigenvalue weighted by molar-refractivity contribution is 8.03. The van der Waals surface area contributed by atoms with Crippen molar-refractivity contribution in [3.8, 4) is 0 Å². The average molecular weight is 206 g/mol. The van der Waals surface area contributed by atoms with Crippen LogP contribution in [-0.4, -0.2) is 0 Å². The van der Waals surface area contributed by atoms with Crippen LogP contribution in [0.25, 0.3) is 0 Å². The van der Waals surface area contributed by atoms with Crippen molar-refractivity contribution in [3.63, 3.8) is 0 Å². The molecule has 0 N–H and O–H groups in total. The smallest absolute Gasteiger partial charge is 0.0119 e. The van der Waals surface area contributed by atoms with Crippen molar-refractivity contribution in [3.05, 3.63) is 40.8 Å². The van der Waals surface area contributed by atoms with E-state index < -0.39 is 0 Å². The number of allylic oxidation sites excluding steroid dienone is 2. The normalized spacial score (nSPS) is 11.8. The van der Waals surface area contributed by atoms with Crippen molar-refractivity contribution in [1.82, 2.24) is 0 Å². The predicted octanol–water partition coefficient (Wildman–Crippen LogP) is 4.79. The first kappa shape index (κ1) is 11.4. The van der Waals surface area contributed by atoms with E-state index in [1.807, 2.05) is 11.8 Å². The average Bonchev–Trinajstić information content (AvgIpc) is 2.20. The molecule has 1 heteroatoms. The Hall–Kier alpha value is -0.690. The second-order valence-corrected chi connectivity index (χ2v) is 4.55. The van der Waals surface area contributed by atoms with Gasteiger partial charge in [-0.15, -0.1) is 0 Å². The van der Waals surface area contributed by atoms with Crippen LogP contribution in [0.4, 0.5) is 0 Å². The zero-order valence-corrected chi connectivity index (χ0v) is 10.0. The summed E-state index contributed by atoms with van der Waals surface area (Å²) in [6.07, 6.45) is 4.57. The summed E-state index contributed by atoms with van der Waals surface area (Å²) in [6.45, 7) is 6.52. The molecule has 0 bridgehead atoms. The van der Waals surface area contributed by atoms with Crippen LogP contribution in [0.5, 0.6) is 0 Å². The fourth-order valence-corrected chi connectivity index (χ4v) is 2.21. The summed E-state index contributed by atoms with van der Waals surface area (Å²) in [7, 11) is 0. The minimum Gasteiger partial charge on any atom is -0.0949 e. The first-order chi connectivity index (χ1) is 6.76. The van der Waals surface area contributed by atoms with E-state index in [-0.39, 0.29) is 0 Å². The van der Waals surface area contributed by atoms with Crippen molar-refractivity contribution >= 4 is 11.8 Å². The molecular formula is C13H18S. The molecule has 0 saturated carbocycles. The first-order valence-corrected chi connectivity index (χ1v) is 6.01. The lowest BCUT2D eigenvalue weighted by molar-refractivity contribution is 1.14. The molecule has 0 atom stereocenters. The summed E-state index contributed by atoms with van der Waals surface area (Å²) in [5.74, 6) is 0. The van der Waals surface area contributed by atoms with Crippen molar-refractivity contribution in [1.29, 1.82) is 0 Å². The SMILES string of the molecule is CC/C=C(\CC)Sc1ccc(C)cc1. The summed E-state index contributed by atoms with van der Waals surface area (Å²) in [5.41, 5.74) is 1.33. The van der Waals surface area contributed by atoms with Gasteiger partial charge in [0.15, 0.2) is 0 Å². The highest BCUT2D eigenvalue weighted by Gasteiger charge is 1.97. The largest absolute Gasteiger partial charge is 0.0949 e. The summed E-state index contributed by atoms with van der Waals surface area (Å²) >= 11 is 1.88. The third-order valence-electron chi connectivity index (χ3n) is 2.05. The lowest BCUT2D eigenvalue weighted by atomic mass is 10.2. The molecule has 0 aliphatic heterocycles. The minimum atomic E-state index is 1.13. The molecule has 0 aliphatic rings. The maximum Gasteiger partial charge on any atom is 0.0119 e. The number of hydrogen-bond acceptors (Lipinski definition) is 1. The summed E-state index contributed by atoms with van der Waals surface area (Å²) in [6, 6.07) is 8.72. The molecular weight excluding hydrogens is 188 g/mol. The molecule has 1 aromatic carbocycles. The van der Waals surface area contributed by atoms with Gasteiger partial charge in [0.25, 0.3) is 0 Å². The molecule has 0 amide bonds. The number of benzene rings is 1. The van der Waals surface area contributed by atoms with E-state index in [9.17, 15) is 0 Å². The van der Waals surface area contributed by atoms with E-state index in [1.165, 1.54) is 15.4 Å². The molecule has 0 saturated heterocycles. The quantitative estimate of drug-likeness (QED) is 0.638. The molecule has 0 heterocycles. The molecule has 0 unspecified atom stereocenters. The van der Waals surface area contributed by atoms with Gasteiger partial charge in [-0.05, 0) is 36.8 Å². The van der Waals surface area contributed by atoms with E-state index in [0.717, 1.165) is 12.8 Å². The van der Waals surface area contributed by atoms with Crippen molar-refractivity contribution in [2.45, 2.75) is 38.5 Å². The van der Waals surface area contributed by atoms with Crippen LogP contribution in [0.15, 0.2) is 40.1 Å². The zero-order chi connectivity index (χ0) is 10.4. The third kappa shape index (κ3) is 3.59. The van der Waals surface area contributed by atoms with Gasteiger partial charge in [-0.25, -0.2) is 0 Å². The predicted molar refractivity (Wildman–Crippen MR) is 65.7 cm³/mol. The highest BCUT2D eigenvalue weighted by atomic mass is 32.2. The van der Waals surface area contributed by atoms with Crippen LogP contribution in [0.1, 0.15) is 32.3 Å². The number of aryl methyl sites for hydroxylation is 1. The molecule has 1 aromatic rings. The van der Waals surface area contributed by atoms with Crippen LogP contribution in [0.3, 0.4) is 0 Å². The Morgan fingerprint density at radius 2 is 1.86 bits per heavy atom. The maximum absolute atomic E-state index is 2.31. The van der Waals surface area contributed by atoms with Crippen LogP contribution in [0.2, 0.25) is 0 Å². The van der Waals surface area contributed by atoms with E-state index in [2.05, 4.69) is 51.1 Å². The molecule has 0 aromatic heterocycles. The molecule has 0 spiro atoms. The molecule has 1 rings (SSSR count). The van der Waals surface area contributed by atoms with Crippen molar-refractivity contribution < 1.29 is 0 Å². The Balaban J connectivity index is 2.67. The fraction of sp³-hybridized carbons (Fsp3) is 0.385. The highest BCUT2D eigenvalue weighted by Crippen LogP contribution is 2.28. The molecule has 0 radical (unpaired) electrons. The first-order valence-electron chi connectivity index (χ1n) is 5.19. The number of hydrogen-bond donors (Lipinski definition) is 0. The van der Waals surface area contributed by atoms with Gasteiger partial charge >= 0.3 is 0 Å². The zero-order valence-electron chi connectivity index (χ0n) is 9.21. The Kier molecular flexibility index (Phi) is 4.81. The Morgan fingerprint density at radius 3 is 2.36 bits per heavy atom. The monoisotopic (exact) mass is 206 g/mol. The Bertz CT molecular complexity index is 296. The number of thioether (sulfide) groups is 1. The van der Waals surface area contributed by atoms with Crippen molar-refractivity contribution in [2.24, 2.45) is 0 Å². The van der Waals surface area contributed by atoms with E-state index >= 15 is 0 Å². The molecule has 0 fully saturated rings. The molecule has 0 nitrogen and oxygen atoms in total. The summed E-state index contributed by atoms with van der Waals surface area (Å²) < 4.78 is 0. The maximum atomic E-state index is 2.31. The van der Waals surface area contributed by atoms with E-state index in [4.69, 9.17) is 0 Å². The molecule has 76 valence electrons. The van der Waals surface area contributed by atoms with Crippen LogP contribution < -0.4 is 0 Å². The second kappa shape index (κ2) is 5.92. The van der Waals surface area contributed by atoms with Gasteiger partial charge < -0.3 is 0 Å². The van der Waals surface area contributed by atoms with E-state index in [0.29, 0.717) is 0 Å². The van der Waals surface area contributed by atoms with E-state index in [1.54, 1.807) is 0 Å². The second-order valence-electron chi connectivity index (χ2n) is 3.35. The van der Waals surface area contributed by atoms with Gasteiger partial charge in [0.05, 0.1) is 0 Å². The van der Waals surface area contributed by atoms with Crippen molar-refractivity contribution in [2.75, 3.05) is 0 Å². The number of rotatable bonds is 4. The summed E-state index contributed by atoms with van der Waals surface area (Å²) in [4.78, 5) is 2.81. The van der Waals surface area contributed by atoms with Crippen LogP contribution in [-0.2, 0) is 0 Å². The standard InChI is InChI=1S/C13H18S/c1-4-6-12(5-2)14-13-9-7-11(3)8-10-13/h6-10H,4-5H2,1-3H3/b12-6+. The lowest BCUT2D eigenvalue weighted by Crippen LogP contribution is -1.77. The van der Waals surface area contributed by atoms with Gasteiger partial charge in [-0.3, -0.25) is 0 Å². The molecule has 14 heavy (non-hydrogen) atoms. The Morgan fingerprint density at radius 1 is 1.21 bits per heavy atom. The Labute approximate surface area is 91.4 Å². The third-order valence-corrected chi connectivity index (χ3v) is 3.28. The molecule has 0 aliphatic carbocycles. The van der Waals surface area contributed by atoms with Gasteiger partial charge in [0.2, 0.25) is 0 Å². The van der Waals surface area contributed by atoms with Gasteiger partial charge in [-0.1, -0.05) is 49.4 Å². The van der Waals surface area contributed by atoms with Crippen LogP contribution in [0, 0.1) is 6.92 Å². The lowest BCUT2D eigenvalue weighted by Gasteiger charge is -2.04. The van der Waals surface area contributed by atoms with Gasteiger partial charge in [-0.2, -0.15) is 0 Å². The topological polar surface area (TPSA) is 0 Å². The fourth-order valence-electron chi connectivity index (χ4n) is 1.24. The van der Waals surface area contributed by atoms with Crippen LogP contribution >= 0.6 is 11.8 Å². The van der Waals surface area contributed by atoms with Gasteiger partial charge in [0.1, 0.15) is 0 Å². The summed E-state index contributed by atoms with van der Waals surface area (Å²) in [5, 5.41) is 0. The minimum absolute atomic E-state index is 1.13. The van der Waals surface area contributed by atoms with Gasteiger partial charge in [0, 0.05) is 4.90 Å².